The van der Waals surface area contributed by atoms with Crippen molar-refractivity contribution in [3.05, 3.63) is 22.4 Å². The van der Waals surface area contributed by atoms with Crippen LogP contribution in [0.15, 0.2) is 16.8 Å². The van der Waals surface area contributed by atoms with Gasteiger partial charge in [-0.15, -0.1) is 0 Å². The van der Waals surface area contributed by atoms with E-state index in [0.717, 1.165) is 31.5 Å². The highest BCUT2D eigenvalue weighted by molar-refractivity contribution is 7.07. The molecule has 0 fully saturated rings. The molecule has 2 amide bonds. The van der Waals surface area contributed by atoms with Crippen molar-refractivity contribution in [1.29, 1.82) is 0 Å². The summed E-state index contributed by atoms with van der Waals surface area (Å²) in [6.07, 6.45) is 3.51. The van der Waals surface area contributed by atoms with E-state index in [-0.39, 0.29) is 11.8 Å². The molecule has 0 aliphatic rings. The van der Waals surface area contributed by atoms with Crippen LogP contribution >= 0.6 is 11.3 Å². The van der Waals surface area contributed by atoms with Gasteiger partial charge in [0.25, 0.3) is 0 Å². The summed E-state index contributed by atoms with van der Waals surface area (Å²) in [7, 11) is 1.82. The quantitative estimate of drug-likeness (QED) is 0.660. The number of nitrogens with zero attached hydrogens (tertiary/aromatic N) is 2. The molecule has 0 atom stereocenters. The Morgan fingerprint density at radius 1 is 1.09 bits per heavy atom. The summed E-state index contributed by atoms with van der Waals surface area (Å²) in [4.78, 5) is 27.9. The van der Waals surface area contributed by atoms with E-state index in [2.05, 4.69) is 19.2 Å². The lowest BCUT2D eigenvalue weighted by Crippen LogP contribution is -2.32. The van der Waals surface area contributed by atoms with Gasteiger partial charge in [0, 0.05) is 39.5 Å². The van der Waals surface area contributed by atoms with Gasteiger partial charge >= 0.3 is 0 Å². The van der Waals surface area contributed by atoms with Crippen LogP contribution in [0.5, 0.6) is 0 Å². The molecule has 0 saturated carbocycles. The van der Waals surface area contributed by atoms with Gasteiger partial charge in [-0.3, -0.25) is 9.59 Å². The zero-order valence-electron chi connectivity index (χ0n) is 14.0. The Labute approximate surface area is 138 Å². The molecule has 0 spiro atoms. The average molecular weight is 324 g/mol. The molecule has 124 valence electrons. The van der Waals surface area contributed by atoms with Gasteiger partial charge in [-0.2, -0.15) is 11.3 Å². The van der Waals surface area contributed by atoms with Gasteiger partial charge in [0.1, 0.15) is 0 Å². The summed E-state index contributed by atoms with van der Waals surface area (Å²) in [5.74, 6) is 0.286. The van der Waals surface area contributed by atoms with Gasteiger partial charge in [-0.1, -0.05) is 13.8 Å². The first kappa shape index (κ1) is 18.7. The highest BCUT2D eigenvalue weighted by Gasteiger charge is 2.14. The van der Waals surface area contributed by atoms with Crippen LogP contribution in [0.4, 0.5) is 0 Å². The highest BCUT2D eigenvalue weighted by Crippen LogP contribution is 2.10. The summed E-state index contributed by atoms with van der Waals surface area (Å²) >= 11 is 1.64. The fourth-order valence-electron chi connectivity index (χ4n) is 2.39. The van der Waals surface area contributed by atoms with Crippen molar-refractivity contribution in [2.75, 3.05) is 20.1 Å². The van der Waals surface area contributed by atoms with Gasteiger partial charge in [-0.25, -0.2) is 0 Å². The topological polar surface area (TPSA) is 40.6 Å². The zero-order valence-corrected chi connectivity index (χ0v) is 14.8. The summed E-state index contributed by atoms with van der Waals surface area (Å²) in [5.41, 5.74) is 1.16. The molecule has 22 heavy (non-hydrogen) atoms. The van der Waals surface area contributed by atoms with Gasteiger partial charge in [0.05, 0.1) is 0 Å². The molecule has 0 bridgehead atoms. The summed E-state index contributed by atoms with van der Waals surface area (Å²) < 4.78 is 0. The minimum Gasteiger partial charge on any atom is -0.343 e. The van der Waals surface area contributed by atoms with Crippen molar-refractivity contribution in [3.63, 3.8) is 0 Å². The summed E-state index contributed by atoms with van der Waals surface area (Å²) in [5, 5.41) is 4.07. The SMILES string of the molecule is CCCN(CCC)C(=O)CCCC(=O)N(C)Cc1ccsc1. The van der Waals surface area contributed by atoms with Gasteiger partial charge < -0.3 is 9.80 Å². The number of thiophene rings is 1. The molecule has 0 aliphatic heterocycles. The molecule has 1 rings (SSSR count). The second kappa shape index (κ2) is 10.4. The molecule has 0 saturated heterocycles. The summed E-state index contributed by atoms with van der Waals surface area (Å²) in [6, 6.07) is 2.03. The third kappa shape index (κ3) is 6.60. The van der Waals surface area contributed by atoms with E-state index in [1.807, 2.05) is 23.4 Å². The van der Waals surface area contributed by atoms with Crippen LogP contribution in [0.3, 0.4) is 0 Å². The molecule has 1 aromatic heterocycles. The maximum Gasteiger partial charge on any atom is 0.222 e. The Hall–Kier alpha value is -1.36. The first-order chi connectivity index (χ1) is 10.6. The molecule has 0 radical (unpaired) electrons. The molecule has 4 nitrogen and oxygen atoms in total. The van der Waals surface area contributed by atoms with Crippen LogP contribution in [0.2, 0.25) is 0 Å². The van der Waals surface area contributed by atoms with Crippen molar-refractivity contribution in [1.82, 2.24) is 9.80 Å². The number of carbonyl (C=O) groups excluding carboxylic acids is 2. The average Bonchev–Trinajstić information content (AvgIpc) is 2.99. The van der Waals surface area contributed by atoms with E-state index in [9.17, 15) is 9.59 Å². The van der Waals surface area contributed by atoms with Crippen molar-refractivity contribution in [2.45, 2.75) is 52.5 Å². The predicted octanol–water partition coefficient (Wildman–Crippen LogP) is 3.53. The van der Waals surface area contributed by atoms with E-state index in [1.165, 1.54) is 0 Å². The van der Waals surface area contributed by atoms with Gasteiger partial charge in [0.2, 0.25) is 11.8 Å². The molecule has 5 heteroatoms. The van der Waals surface area contributed by atoms with Gasteiger partial charge in [0.15, 0.2) is 0 Å². The Balaban J connectivity index is 2.29. The van der Waals surface area contributed by atoms with Crippen molar-refractivity contribution < 1.29 is 9.59 Å². The molecule has 1 aromatic rings. The first-order valence-electron chi connectivity index (χ1n) is 8.11. The number of hydrogen-bond donors (Lipinski definition) is 0. The Kier molecular flexibility index (Phi) is 8.82. The van der Waals surface area contributed by atoms with E-state index in [4.69, 9.17) is 0 Å². The Bertz CT molecular complexity index is 440. The minimum atomic E-state index is 0.108. The van der Waals surface area contributed by atoms with Crippen LogP contribution in [0, 0.1) is 0 Å². The van der Waals surface area contributed by atoms with Crippen LogP contribution in [0.25, 0.3) is 0 Å². The van der Waals surface area contributed by atoms with Crippen LogP contribution in [-0.4, -0.2) is 41.8 Å². The second-order valence-electron chi connectivity index (χ2n) is 5.62. The maximum atomic E-state index is 12.1. The van der Waals surface area contributed by atoms with Crippen molar-refractivity contribution in [3.8, 4) is 0 Å². The largest absolute Gasteiger partial charge is 0.343 e. The number of amides is 2. The number of rotatable bonds is 10. The molecule has 0 aliphatic carbocycles. The van der Waals surface area contributed by atoms with E-state index >= 15 is 0 Å². The minimum absolute atomic E-state index is 0.108. The molecular weight excluding hydrogens is 296 g/mol. The molecule has 0 N–H and O–H groups in total. The predicted molar refractivity (Wildman–Crippen MR) is 91.8 cm³/mol. The smallest absolute Gasteiger partial charge is 0.222 e. The molecular formula is C17H28N2O2S. The van der Waals surface area contributed by atoms with E-state index < -0.39 is 0 Å². The fourth-order valence-corrected chi connectivity index (χ4v) is 3.05. The lowest BCUT2D eigenvalue weighted by molar-refractivity contribution is -0.132. The fraction of sp³-hybridized carbons (Fsp3) is 0.647. The lowest BCUT2D eigenvalue weighted by Gasteiger charge is -2.21. The highest BCUT2D eigenvalue weighted by atomic mass is 32.1. The van der Waals surface area contributed by atoms with E-state index in [1.54, 1.807) is 16.2 Å². The zero-order chi connectivity index (χ0) is 16.4. The summed E-state index contributed by atoms with van der Waals surface area (Å²) in [6.45, 7) is 6.45. The normalized spacial score (nSPS) is 10.5. The first-order valence-corrected chi connectivity index (χ1v) is 9.05. The van der Waals surface area contributed by atoms with E-state index in [0.29, 0.717) is 25.8 Å². The third-order valence-corrected chi connectivity index (χ3v) is 4.28. The number of carbonyl (C=O) groups is 2. The third-order valence-electron chi connectivity index (χ3n) is 3.55. The lowest BCUT2D eigenvalue weighted by atomic mass is 10.2. The Morgan fingerprint density at radius 2 is 1.73 bits per heavy atom. The molecule has 0 aromatic carbocycles. The maximum absolute atomic E-state index is 12.1. The molecule has 1 heterocycles. The van der Waals surface area contributed by atoms with Crippen LogP contribution in [-0.2, 0) is 16.1 Å². The van der Waals surface area contributed by atoms with Crippen molar-refractivity contribution >= 4 is 23.2 Å². The monoisotopic (exact) mass is 324 g/mol. The van der Waals surface area contributed by atoms with Crippen LogP contribution in [0.1, 0.15) is 51.5 Å². The molecule has 0 unspecified atom stereocenters. The second-order valence-corrected chi connectivity index (χ2v) is 6.40. The van der Waals surface area contributed by atoms with Gasteiger partial charge in [-0.05, 0) is 41.7 Å². The standard InChI is InChI=1S/C17H28N2O2S/c1-4-10-19(11-5-2)17(21)8-6-7-16(20)18(3)13-15-9-12-22-14-15/h9,12,14H,4-8,10-11,13H2,1-3H3. The van der Waals surface area contributed by atoms with Crippen molar-refractivity contribution in [2.24, 2.45) is 0 Å². The number of hydrogen-bond acceptors (Lipinski definition) is 3. The van der Waals surface area contributed by atoms with Crippen LogP contribution < -0.4 is 0 Å². The Morgan fingerprint density at radius 3 is 2.27 bits per heavy atom.